The monoisotopic (exact) mass is 620 g/mol. The summed E-state index contributed by atoms with van der Waals surface area (Å²) >= 11 is 0. The maximum Gasteiger partial charge on any atom is 0.248 e. The molecule has 0 unspecified atom stereocenters. The molecule has 4 heterocycles. The van der Waals surface area contributed by atoms with Crippen molar-refractivity contribution in [3.05, 3.63) is 76.2 Å². The number of pyridine rings is 3. The molecule has 3 N–H and O–H groups in total. The van der Waals surface area contributed by atoms with Crippen molar-refractivity contribution in [1.82, 2.24) is 20.3 Å². The van der Waals surface area contributed by atoms with E-state index in [2.05, 4.69) is 25.0 Å². The van der Waals surface area contributed by atoms with Crippen molar-refractivity contribution in [1.29, 1.82) is 0 Å². The Bertz CT molecular complexity index is 1960. The van der Waals surface area contributed by atoms with Crippen molar-refractivity contribution in [2.75, 3.05) is 36.1 Å². The molecule has 1 amide bonds. The molecule has 1 aromatic carbocycles. The highest BCUT2D eigenvalue weighted by atomic mass is 32.2. The molecule has 1 saturated carbocycles. The van der Waals surface area contributed by atoms with Crippen molar-refractivity contribution >= 4 is 38.2 Å². The number of halogens is 1. The Balaban J connectivity index is 1.41. The van der Waals surface area contributed by atoms with Crippen molar-refractivity contribution in [2.45, 2.75) is 44.1 Å². The average molecular weight is 621 g/mol. The fourth-order valence-corrected chi connectivity index (χ4v) is 6.83. The number of carbonyl (C=O) groups excluding carboxylic acids is 1. The Kier molecular flexibility index (Phi) is 7.41. The first-order chi connectivity index (χ1) is 20.9. The fraction of sp³-hybridized carbons (Fsp3) is 0.355. The number of aromatic nitrogens is 3. The molecule has 2 aliphatic rings. The number of hydrogen-bond acceptors (Lipinski definition) is 8. The van der Waals surface area contributed by atoms with Gasteiger partial charge in [0.15, 0.2) is 0 Å². The molecule has 11 nitrogen and oxygen atoms in total. The smallest absolute Gasteiger partial charge is 0.248 e. The average Bonchev–Trinajstić information content (AvgIpc) is 3.16. The molecule has 0 bridgehead atoms. The molecular formula is C31H33FN6O5S. The van der Waals surface area contributed by atoms with E-state index in [0.29, 0.717) is 41.5 Å². The van der Waals surface area contributed by atoms with E-state index in [1.165, 1.54) is 24.4 Å². The van der Waals surface area contributed by atoms with E-state index in [9.17, 15) is 18.0 Å². The van der Waals surface area contributed by atoms with E-state index in [1.54, 1.807) is 30.3 Å². The molecule has 4 aromatic rings. The third kappa shape index (κ3) is 5.30. The van der Waals surface area contributed by atoms with Crippen LogP contribution < -0.4 is 25.2 Å². The zero-order valence-electron chi connectivity index (χ0n) is 24.8. The number of benzene rings is 1. The summed E-state index contributed by atoms with van der Waals surface area (Å²) in [6.07, 6.45) is 5.00. The van der Waals surface area contributed by atoms with Crippen LogP contribution in [0, 0.1) is 5.82 Å². The van der Waals surface area contributed by atoms with Gasteiger partial charge in [0.1, 0.15) is 18.1 Å². The first-order valence-electron chi connectivity index (χ1n) is 14.3. The maximum absolute atomic E-state index is 15.7. The summed E-state index contributed by atoms with van der Waals surface area (Å²) in [4.78, 5) is 38.9. The molecule has 0 saturated heterocycles. The van der Waals surface area contributed by atoms with Gasteiger partial charge in [0.2, 0.25) is 27.4 Å². The predicted octanol–water partition coefficient (Wildman–Crippen LogP) is 3.66. The Morgan fingerprint density at radius 2 is 1.93 bits per heavy atom. The van der Waals surface area contributed by atoms with E-state index < -0.39 is 21.3 Å². The highest BCUT2D eigenvalue weighted by Crippen LogP contribution is 2.60. The SMILES string of the molecule is CC(C)NCCOc1ncc(-c2cc3c(cc2F)ncc2c3[C@]3(C[C@H](c4cccc(=O)[nH]4)C3)C(=O)N2C)cc1NS(C)(=O)=O. The molecule has 1 fully saturated rings. The lowest BCUT2D eigenvalue weighted by molar-refractivity contribution is -0.126. The van der Waals surface area contributed by atoms with Gasteiger partial charge in [-0.3, -0.25) is 19.3 Å². The summed E-state index contributed by atoms with van der Waals surface area (Å²) in [7, 11) is -2.00. The number of hydrogen-bond donors (Lipinski definition) is 3. The van der Waals surface area contributed by atoms with Crippen LogP contribution in [0.15, 0.2) is 53.6 Å². The molecular weight excluding hydrogens is 587 g/mol. The van der Waals surface area contributed by atoms with Crippen molar-refractivity contribution < 1.29 is 22.3 Å². The maximum atomic E-state index is 15.7. The Labute approximate surface area is 253 Å². The van der Waals surface area contributed by atoms with Crippen LogP contribution in [-0.4, -0.2) is 61.8 Å². The number of aromatic amines is 1. The number of H-pyrrole nitrogens is 1. The fourth-order valence-electron chi connectivity index (χ4n) is 6.28. The number of anilines is 2. The first-order valence-corrected chi connectivity index (χ1v) is 16.2. The summed E-state index contributed by atoms with van der Waals surface area (Å²) in [5.74, 6) is -0.601. The summed E-state index contributed by atoms with van der Waals surface area (Å²) in [6.45, 7) is 4.76. The minimum Gasteiger partial charge on any atom is -0.475 e. The van der Waals surface area contributed by atoms with Gasteiger partial charge in [-0.05, 0) is 31.0 Å². The van der Waals surface area contributed by atoms with Gasteiger partial charge >= 0.3 is 0 Å². The first kappa shape index (κ1) is 29.7. The largest absolute Gasteiger partial charge is 0.475 e. The lowest BCUT2D eigenvalue weighted by Gasteiger charge is -2.44. The van der Waals surface area contributed by atoms with Gasteiger partial charge < -0.3 is 19.9 Å². The van der Waals surface area contributed by atoms with Gasteiger partial charge in [-0.15, -0.1) is 0 Å². The summed E-state index contributed by atoms with van der Waals surface area (Å²) in [6, 6.07) is 9.70. The summed E-state index contributed by atoms with van der Waals surface area (Å²) < 4.78 is 48.2. The predicted molar refractivity (Wildman–Crippen MR) is 166 cm³/mol. The van der Waals surface area contributed by atoms with Crippen LogP contribution in [0.25, 0.3) is 22.0 Å². The Morgan fingerprint density at radius 3 is 2.64 bits per heavy atom. The second-order valence-electron chi connectivity index (χ2n) is 11.8. The van der Waals surface area contributed by atoms with Crippen molar-refractivity contribution in [3.63, 3.8) is 0 Å². The molecule has 13 heteroatoms. The number of ether oxygens (including phenoxy) is 1. The number of sulfonamides is 1. The zero-order valence-corrected chi connectivity index (χ0v) is 25.6. The van der Waals surface area contributed by atoms with Crippen LogP contribution >= 0.6 is 0 Å². The van der Waals surface area contributed by atoms with Gasteiger partial charge in [-0.2, -0.15) is 0 Å². The topological polar surface area (TPSA) is 146 Å². The Hall–Kier alpha value is -4.36. The van der Waals surface area contributed by atoms with Crippen LogP contribution in [0.3, 0.4) is 0 Å². The van der Waals surface area contributed by atoms with Gasteiger partial charge in [0, 0.05) is 71.7 Å². The van der Waals surface area contributed by atoms with E-state index in [0.717, 1.165) is 17.5 Å². The molecule has 0 atom stereocenters. The lowest BCUT2D eigenvalue weighted by atomic mass is 9.57. The normalized spacial score (nSPS) is 19.5. The lowest BCUT2D eigenvalue weighted by Crippen LogP contribution is -2.48. The van der Waals surface area contributed by atoms with Crippen LogP contribution in [0.5, 0.6) is 5.88 Å². The minimum atomic E-state index is -3.70. The second-order valence-corrected chi connectivity index (χ2v) is 13.5. The number of carbonyl (C=O) groups is 1. The molecule has 0 radical (unpaired) electrons. The van der Waals surface area contributed by atoms with Crippen molar-refractivity contribution in [3.8, 4) is 17.0 Å². The van der Waals surface area contributed by atoms with Crippen LogP contribution in [0.1, 0.15) is 43.9 Å². The molecule has 1 aliphatic heterocycles. The van der Waals surface area contributed by atoms with Gasteiger partial charge in [-0.25, -0.2) is 17.8 Å². The van der Waals surface area contributed by atoms with Gasteiger partial charge in [0.05, 0.1) is 29.1 Å². The quantitative estimate of drug-likeness (QED) is 0.240. The number of amides is 1. The molecule has 230 valence electrons. The minimum absolute atomic E-state index is 0.0209. The molecule has 44 heavy (non-hydrogen) atoms. The Morgan fingerprint density at radius 1 is 1.16 bits per heavy atom. The third-order valence-electron chi connectivity index (χ3n) is 8.26. The second kappa shape index (κ2) is 11.0. The third-order valence-corrected chi connectivity index (χ3v) is 8.85. The number of likely N-dealkylation sites (N-methyl/N-ethyl adjacent to an activating group) is 1. The summed E-state index contributed by atoms with van der Waals surface area (Å²) in [5.41, 5.74) is 2.11. The highest BCUT2D eigenvalue weighted by molar-refractivity contribution is 7.92. The molecule has 6 rings (SSSR count). The van der Waals surface area contributed by atoms with Gasteiger partial charge in [0.25, 0.3) is 0 Å². The number of rotatable bonds is 9. The van der Waals surface area contributed by atoms with E-state index in [-0.39, 0.29) is 47.2 Å². The van der Waals surface area contributed by atoms with E-state index in [1.807, 2.05) is 19.9 Å². The standard InChI is InChI=1S/C31H33FN6O5S/c1-17(2)33-8-9-43-29-25(37-44(4,41)42)10-18(15-35-29)20-11-21-24(12-22(20)32)34-16-26-28(21)31(30(40)38(26)3)13-19(14-31)23-6-5-7-27(39)36-23/h5-7,10-12,15-17,19,33,37H,8-9,13-14H2,1-4H3,(H,36,39)/t19-,31+. The zero-order chi connectivity index (χ0) is 31.4. The van der Waals surface area contributed by atoms with Crippen LogP contribution in [-0.2, 0) is 20.2 Å². The van der Waals surface area contributed by atoms with E-state index in [4.69, 9.17) is 4.74 Å². The number of nitrogens with one attached hydrogen (secondary N) is 3. The number of fused-ring (bicyclic) bond motifs is 4. The van der Waals surface area contributed by atoms with Crippen LogP contribution in [0.2, 0.25) is 0 Å². The highest BCUT2D eigenvalue weighted by Gasteiger charge is 2.59. The molecule has 1 aliphatic carbocycles. The summed E-state index contributed by atoms with van der Waals surface area (Å²) in [5, 5.41) is 3.83. The van der Waals surface area contributed by atoms with Crippen molar-refractivity contribution in [2.24, 2.45) is 0 Å². The number of nitrogens with zero attached hydrogens (tertiary/aromatic N) is 3. The van der Waals surface area contributed by atoms with Crippen LogP contribution in [0.4, 0.5) is 15.8 Å². The van der Waals surface area contributed by atoms with E-state index >= 15 is 4.39 Å². The molecule has 3 aromatic heterocycles. The molecule has 1 spiro atoms. The van der Waals surface area contributed by atoms with Gasteiger partial charge in [-0.1, -0.05) is 19.9 Å².